The molecule has 0 unspecified atom stereocenters. The van der Waals surface area contributed by atoms with E-state index in [2.05, 4.69) is 15.6 Å². The molecule has 1 aromatic heterocycles. The highest BCUT2D eigenvalue weighted by molar-refractivity contribution is 6.30. The van der Waals surface area contributed by atoms with Crippen molar-refractivity contribution in [2.24, 2.45) is 0 Å². The third kappa shape index (κ3) is 4.81. The van der Waals surface area contributed by atoms with Gasteiger partial charge in [0, 0.05) is 29.0 Å². The minimum atomic E-state index is -0.149. The highest BCUT2D eigenvalue weighted by atomic mass is 35.5. The van der Waals surface area contributed by atoms with E-state index in [0.717, 1.165) is 11.3 Å². The van der Waals surface area contributed by atoms with Crippen LogP contribution in [-0.2, 0) is 6.54 Å². The summed E-state index contributed by atoms with van der Waals surface area (Å²) in [6.45, 7) is 2.48. The van der Waals surface area contributed by atoms with E-state index in [9.17, 15) is 4.79 Å². The smallest absolute Gasteiger partial charge is 0.251 e. The van der Waals surface area contributed by atoms with Gasteiger partial charge in [0.25, 0.3) is 5.91 Å². The zero-order valence-electron chi connectivity index (χ0n) is 13.8. The number of carbonyl (C=O) groups excluding carboxylic acids is 1. The normalized spacial score (nSPS) is 10.3. The maximum atomic E-state index is 12.3. The molecule has 0 atom stereocenters. The van der Waals surface area contributed by atoms with Gasteiger partial charge in [-0.15, -0.1) is 0 Å². The monoisotopic (exact) mass is 351 g/mol. The van der Waals surface area contributed by atoms with Crippen LogP contribution < -0.4 is 10.6 Å². The summed E-state index contributed by atoms with van der Waals surface area (Å²) in [6.07, 6.45) is 1.62. The lowest BCUT2D eigenvalue weighted by atomic mass is 10.2. The lowest BCUT2D eigenvalue weighted by Crippen LogP contribution is -2.22. The van der Waals surface area contributed by atoms with E-state index in [1.807, 2.05) is 43.3 Å². The fourth-order valence-corrected chi connectivity index (χ4v) is 2.44. The first-order valence-corrected chi connectivity index (χ1v) is 8.30. The molecule has 0 saturated heterocycles. The van der Waals surface area contributed by atoms with E-state index in [1.54, 1.807) is 30.5 Å². The molecule has 0 aliphatic carbocycles. The van der Waals surface area contributed by atoms with Crippen molar-refractivity contribution in [2.45, 2.75) is 13.5 Å². The van der Waals surface area contributed by atoms with E-state index in [0.29, 0.717) is 22.9 Å². The average molecular weight is 352 g/mol. The van der Waals surface area contributed by atoms with Crippen LogP contribution >= 0.6 is 11.6 Å². The maximum Gasteiger partial charge on any atom is 0.251 e. The SMILES string of the molecule is Cc1ccc(Nc2cc(C(=O)NCc3ccc(Cl)cc3)ccn2)cc1. The second-order valence-corrected chi connectivity index (χ2v) is 6.17. The van der Waals surface area contributed by atoms with Crippen molar-refractivity contribution in [1.29, 1.82) is 0 Å². The number of benzene rings is 2. The van der Waals surface area contributed by atoms with E-state index in [4.69, 9.17) is 11.6 Å². The summed E-state index contributed by atoms with van der Waals surface area (Å²) in [5.41, 5.74) is 3.66. The fourth-order valence-electron chi connectivity index (χ4n) is 2.31. The van der Waals surface area contributed by atoms with Crippen LogP contribution in [-0.4, -0.2) is 10.9 Å². The molecule has 2 N–H and O–H groups in total. The number of nitrogens with zero attached hydrogens (tertiary/aromatic N) is 1. The van der Waals surface area contributed by atoms with Crippen molar-refractivity contribution in [3.05, 3.63) is 88.6 Å². The molecule has 0 fully saturated rings. The highest BCUT2D eigenvalue weighted by Crippen LogP contribution is 2.16. The Bertz CT molecular complexity index is 861. The van der Waals surface area contributed by atoms with Gasteiger partial charge in [-0.2, -0.15) is 0 Å². The molecule has 1 amide bonds. The quantitative estimate of drug-likeness (QED) is 0.699. The van der Waals surface area contributed by atoms with Crippen LogP contribution in [0, 0.1) is 6.92 Å². The van der Waals surface area contributed by atoms with Gasteiger partial charge in [-0.1, -0.05) is 41.4 Å². The van der Waals surface area contributed by atoms with Crippen LogP contribution in [0.15, 0.2) is 66.9 Å². The van der Waals surface area contributed by atoms with Gasteiger partial charge in [0.1, 0.15) is 5.82 Å². The number of aromatic nitrogens is 1. The van der Waals surface area contributed by atoms with Crippen LogP contribution in [0.4, 0.5) is 11.5 Å². The Hall–Kier alpha value is -2.85. The van der Waals surface area contributed by atoms with Crippen molar-refractivity contribution in [3.63, 3.8) is 0 Å². The minimum absolute atomic E-state index is 0.149. The predicted molar refractivity (Wildman–Crippen MR) is 101 cm³/mol. The molecular weight excluding hydrogens is 334 g/mol. The van der Waals surface area contributed by atoms with E-state index in [-0.39, 0.29) is 5.91 Å². The second kappa shape index (κ2) is 7.81. The Morgan fingerprint density at radius 3 is 2.48 bits per heavy atom. The fraction of sp³-hybridized carbons (Fsp3) is 0.100. The molecule has 0 saturated carbocycles. The third-order valence-corrected chi connectivity index (χ3v) is 3.96. The van der Waals surface area contributed by atoms with Crippen LogP contribution in [0.25, 0.3) is 0 Å². The second-order valence-electron chi connectivity index (χ2n) is 5.73. The number of aryl methyl sites for hydroxylation is 1. The summed E-state index contributed by atoms with van der Waals surface area (Å²) < 4.78 is 0. The Morgan fingerprint density at radius 1 is 1.04 bits per heavy atom. The van der Waals surface area contributed by atoms with Gasteiger partial charge in [0.2, 0.25) is 0 Å². The number of carbonyl (C=O) groups is 1. The molecule has 0 radical (unpaired) electrons. The first-order chi connectivity index (χ1) is 12.1. The van der Waals surface area contributed by atoms with Crippen LogP contribution in [0.5, 0.6) is 0 Å². The predicted octanol–water partition coefficient (Wildman–Crippen LogP) is 4.72. The zero-order valence-corrected chi connectivity index (χ0v) is 14.5. The molecular formula is C20H18ClN3O. The third-order valence-electron chi connectivity index (χ3n) is 3.71. The summed E-state index contributed by atoms with van der Waals surface area (Å²) in [7, 11) is 0. The van der Waals surface area contributed by atoms with Gasteiger partial charge in [-0.3, -0.25) is 4.79 Å². The van der Waals surface area contributed by atoms with Crippen LogP contribution in [0.1, 0.15) is 21.5 Å². The van der Waals surface area contributed by atoms with Gasteiger partial charge in [-0.25, -0.2) is 4.98 Å². The van der Waals surface area contributed by atoms with Crippen LogP contribution in [0.2, 0.25) is 5.02 Å². The van der Waals surface area contributed by atoms with Crippen molar-refractivity contribution in [2.75, 3.05) is 5.32 Å². The summed E-state index contributed by atoms with van der Waals surface area (Å²) in [4.78, 5) is 16.6. The number of rotatable bonds is 5. The Kier molecular flexibility index (Phi) is 5.31. The van der Waals surface area contributed by atoms with E-state index >= 15 is 0 Å². The van der Waals surface area contributed by atoms with Gasteiger partial charge >= 0.3 is 0 Å². The standard InChI is InChI=1S/C20H18ClN3O/c1-14-2-8-18(9-3-14)24-19-12-16(10-11-22-19)20(25)23-13-15-4-6-17(21)7-5-15/h2-12H,13H2,1H3,(H,22,24)(H,23,25). The number of amides is 1. The number of hydrogen-bond acceptors (Lipinski definition) is 3. The summed E-state index contributed by atoms with van der Waals surface area (Å²) in [5.74, 6) is 0.479. The lowest BCUT2D eigenvalue weighted by Gasteiger charge is -2.09. The molecule has 5 heteroatoms. The topological polar surface area (TPSA) is 54.0 Å². The number of pyridine rings is 1. The van der Waals surface area contributed by atoms with Gasteiger partial charge in [0.05, 0.1) is 0 Å². The molecule has 0 bridgehead atoms. The number of hydrogen-bond donors (Lipinski definition) is 2. The van der Waals surface area contributed by atoms with Crippen molar-refractivity contribution in [3.8, 4) is 0 Å². The lowest BCUT2D eigenvalue weighted by molar-refractivity contribution is 0.0951. The molecule has 126 valence electrons. The minimum Gasteiger partial charge on any atom is -0.348 e. The molecule has 3 rings (SSSR count). The summed E-state index contributed by atoms with van der Waals surface area (Å²) >= 11 is 5.86. The number of nitrogens with one attached hydrogen (secondary N) is 2. The van der Waals surface area contributed by atoms with Gasteiger partial charge in [-0.05, 0) is 48.9 Å². The molecule has 1 heterocycles. The first-order valence-electron chi connectivity index (χ1n) is 7.92. The summed E-state index contributed by atoms with van der Waals surface area (Å²) in [6, 6.07) is 18.8. The highest BCUT2D eigenvalue weighted by Gasteiger charge is 2.07. The molecule has 0 aliphatic heterocycles. The zero-order chi connectivity index (χ0) is 17.6. The maximum absolute atomic E-state index is 12.3. The van der Waals surface area contributed by atoms with Crippen LogP contribution in [0.3, 0.4) is 0 Å². The number of anilines is 2. The number of halogens is 1. The van der Waals surface area contributed by atoms with Crippen molar-refractivity contribution < 1.29 is 4.79 Å². The van der Waals surface area contributed by atoms with Crippen molar-refractivity contribution in [1.82, 2.24) is 10.3 Å². The van der Waals surface area contributed by atoms with E-state index in [1.165, 1.54) is 5.56 Å². The van der Waals surface area contributed by atoms with Gasteiger partial charge < -0.3 is 10.6 Å². The molecule has 3 aromatic rings. The molecule has 4 nitrogen and oxygen atoms in total. The molecule has 0 aliphatic rings. The van der Waals surface area contributed by atoms with Gasteiger partial charge in [0.15, 0.2) is 0 Å². The van der Waals surface area contributed by atoms with E-state index < -0.39 is 0 Å². The Labute approximate surface area is 151 Å². The largest absolute Gasteiger partial charge is 0.348 e. The molecule has 0 spiro atoms. The van der Waals surface area contributed by atoms with Crippen molar-refractivity contribution >= 4 is 29.0 Å². The summed E-state index contributed by atoms with van der Waals surface area (Å²) in [5, 5.41) is 6.77. The Balaban J connectivity index is 1.64. The average Bonchev–Trinajstić information content (AvgIpc) is 2.63. The molecule has 2 aromatic carbocycles. The Morgan fingerprint density at radius 2 is 1.76 bits per heavy atom. The first kappa shape index (κ1) is 17.0. The molecule has 25 heavy (non-hydrogen) atoms.